The summed E-state index contributed by atoms with van der Waals surface area (Å²) < 4.78 is 10.1. The van der Waals surface area contributed by atoms with E-state index in [2.05, 4.69) is 15.0 Å². The summed E-state index contributed by atoms with van der Waals surface area (Å²) >= 11 is 0. The number of rotatable bonds is 2. The van der Waals surface area contributed by atoms with Gasteiger partial charge in [0.2, 0.25) is 5.82 Å². The van der Waals surface area contributed by atoms with Gasteiger partial charge in [0, 0.05) is 32.3 Å². The molecule has 2 amide bonds. The Hall–Kier alpha value is -2.99. The number of aromatic nitrogens is 1. The fourth-order valence-corrected chi connectivity index (χ4v) is 3.46. The molecule has 1 fully saturated rings. The molecule has 0 atom stereocenters. The van der Waals surface area contributed by atoms with Crippen LogP contribution in [0.4, 0.5) is 5.82 Å². The van der Waals surface area contributed by atoms with E-state index in [1.165, 1.54) is 6.42 Å². The van der Waals surface area contributed by atoms with Gasteiger partial charge in [-0.25, -0.2) is 0 Å². The van der Waals surface area contributed by atoms with Crippen molar-refractivity contribution in [2.75, 3.05) is 38.2 Å². The molecule has 3 aliphatic heterocycles. The SMILES string of the molecule is CNC(=O)C1=[N+]=C(N2CCOc3cc(C(=O)N4CCCCC4)[nH]c32)C=C1. The van der Waals surface area contributed by atoms with Gasteiger partial charge in [-0.3, -0.25) is 9.59 Å². The molecule has 2 N–H and O–H groups in total. The van der Waals surface area contributed by atoms with Gasteiger partial charge in [0.1, 0.15) is 18.8 Å². The van der Waals surface area contributed by atoms with Crippen molar-refractivity contribution in [2.45, 2.75) is 19.3 Å². The van der Waals surface area contributed by atoms with Crippen LogP contribution in [-0.4, -0.2) is 66.5 Å². The minimum Gasteiger partial charge on any atom is -0.483 e. The standard InChI is InChI=1S/C18H21N5O3/c1-19-17(24)12-5-6-15(20-12)23-9-10-26-14-11-13(21-16(14)23)18(25)22-7-3-2-4-8-22/h5-6,11H,2-4,7-10H2,1H3,(H-,19,20,21,24,25)/p+1. The first-order chi connectivity index (χ1) is 12.7. The van der Waals surface area contributed by atoms with Gasteiger partial charge in [-0.2, -0.15) is 9.57 Å². The summed E-state index contributed by atoms with van der Waals surface area (Å²) in [6.07, 6.45) is 6.76. The number of H-pyrrole nitrogens is 1. The smallest absolute Gasteiger partial charge is 0.377 e. The van der Waals surface area contributed by atoms with E-state index in [1.807, 2.05) is 9.80 Å². The van der Waals surface area contributed by atoms with Crippen LogP contribution in [0.15, 0.2) is 18.2 Å². The van der Waals surface area contributed by atoms with E-state index in [4.69, 9.17) is 4.74 Å². The highest BCUT2D eigenvalue weighted by Gasteiger charge is 2.35. The summed E-state index contributed by atoms with van der Waals surface area (Å²) in [5.74, 6) is 1.78. The molecule has 1 aromatic rings. The Morgan fingerprint density at radius 1 is 1.19 bits per heavy atom. The third-order valence-corrected chi connectivity index (χ3v) is 4.84. The lowest BCUT2D eigenvalue weighted by Crippen LogP contribution is -2.38. The number of fused-ring (bicyclic) bond motifs is 1. The van der Waals surface area contributed by atoms with Gasteiger partial charge in [-0.15, -0.1) is 0 Å². The molecule has 1 saturated heterocycles. The average molecular weight is 356 g/mol. The van der Waals surface area contributed by atoms with Gasteiger partial charge >= 0.3 is 11.7 Å². The van der Waals surface area contributed by atoms with E-state index in [1.54, 1.807) is 25.3 Å². The molecule has 0 spiro atoms. The highest BCUT2D eigenvalue weighted by atomic mass is 16.5. The van der Waals surface area contributed by atoms with Gasteiger partial charge < -0.3 is 19.9 Å². The maximum atomic E-state index is 12.7. The minimum absolute atomic E-state index is 0.00386. The van der Waals surface area contributed by atoms with Crippen molar-refractivity contribution in [3.63, 3.8) is 0 Å². The molecule has 4 rings (SSSR count). The summed E-state index contributed by atoms with van der Waals surface area (Å²) in [5, 5.41) is 2.57. The molecule has 0 bridgehead atoms. The zero-order valence-corrected chi connectivity index (χ0v) is 14.7. The van der Waals surface area contributed by atoms with Crippen molar-refractivity contribution >= 4 is 29.2 Å². The summed E-state index contributed by atoms with van der Waals surface area (Å²) in [6, 6.07) is 1.76. The Bertz CT molecular complexity index is 841. The lowest BCUT2D eigenvalue weighted by Gasteiger charge is -2.26. The van der Waals surface area contributed by atoms with Crippen LogP contribution in [0, 0.1) is 0 Å². The van der Waals surface area contributed by atoms with Crippen LogP contribution in [0.2, 0.25) is 0 Å². The molecule has 26 heavy (non-hydrogen) atoms. The van der Waals surface area contributed by atoms with Crippen molar-refractivity contribution in [3.8, 4) is 5.75 Å². The number of amides is 2. The maximum Gasteiger partial charge on any atom is 0.377 e. The number of anilines is 1. The predicted molar refractivity (Wildman–Crippen MR) is 98.7 cm³/mol. The zero-order valence-electron chi connectivity index (χ0n) is 14.7. The highest BCUT2D eigenvalue weighted by Crippen LogP contribution is 2.33. The van der Waals surface area contributed by atoms with Crippen molar-refractivity contribution in [2.24, 2.45) is 0 Å². The average Bonchev–Trinajstić information content (AvgIpc) is 3.34. The minimum atomic E-state index is -0.225. The first kappa shape index (κ1) is 16.5. The molecule has 0 radical (unpaired) electrons. The third kappa shape index (κ3) is 2.88. The van der Waals surface area contributed by atoms with Gasteiger partial charge in [-0.05, 0) is 19.3 Å². The monoisotopic (exact) mass is 356 g/mol. The molecular weight excluding hydrogens is 334 g/mol. The molecule has 3 aliphatic rings. The van der Waals surface area contributed by atoms with Gasteiger partial charge in [-0.1, -0.05) is 0 Å². The Balaban J connectivity index is 1.62. The first-order valence-electron chi connectivity index (χ1n) is 8.96. The molecule has 8 nitrogen and oxygen atoms in total. The van der Waals surface area contributed by atoms with Gasteiger partial charge in [0.05, 0.1) is 6.08 Å². The quantitative estimate of drug-likeness (QED) is 0.733. The van der Waals surface area contributed by atoms with Crippen LogP contribution >= 0.6 is 0 Å². The Morgan fingerprint density at radius 2 is 2.00 bits per heavy atom. The van der Waals surface area contributed by atoms with Crippen LogP contribution in [0.1, 0.15) is 29.8 Å². The number of hydrogen-bond acceptors (Lipinski definition) is 4. The van der Waals surface area contributed by atoms with Crippen LogP contribution < -0.4 is 19.6 Å². The highest BCUT2D eigenvalue weighted by molar-refractivity contribution is 6.45. The van der Waals surface area contributed by atoms with Crippen LogP contribution in [0.25, 0.3) is 0 Å². The van der Waals surface area contributed by atoms with Crippen molar-refractivity contribution < 1.29 is 14.3 Å². The summed E-state index contributed by atoms with van der Waals surface area (Å²) in [5.41, 5.74) is 0.897. The Kier molecular flexibility index (Phi) is 4.26. The Morgan fingerprint density at radius 3 is 2.77 bits per heavy atom. The number of aromatic amines is 1. The van der Waals surface area contributed by atoms with Crippen LogP contribution in [-0.2, 0) is 4.79 Å². The molecule has 136 valence electrons. The summed E-state index contributed by atoms with van der Waals surface area (Å²) in [4.78, 5) is 31.5. The molecular formula is C18H22N5O3+. The number of piperidine rings is 1. The Labute approximate surface area is 151 Å². The maximum absolute atomic E-state index is 12.7. The second kappa shape index (κ2) is 6.72. The van der Waals surface area contributed by atoms with E-state index >= 15 is 0 Å². The molecule has 4 heterocycles. The predicted octanol–water partition coefficient (Wildman–Crippen LogP) is 0.0621. The van der Waals surface area contributed by atoms with Crippen molar-refractivity contribution in [3.05, 3.63) is 23.9 Å². The lowest BCUT2D eigenvalue weighted by atomic mass is 10.1. The first-order valence-corrected chi connectivity index (χ1v) is 8.96. The largest absolute Gasteiger partial charge is 0.483 e. The molecule has 0 aliphatic carbocycles. The number of hydrogen-bond donors (Lipinski definition) is 2. The second-order valence-corrected chi connectivity index (χ2v) is 6.52. The van der Waals surface area contributed by atoms with Crippen molar-refractivity contribution in [1.29, 1.82) is 0 Å². The van der Waals surface area contributed by atoms with E-state index in [-0.39, 0.29) is 11.8 Å². The molecule has 1 aromatic heterocycles. The normalized spacial score (nSPS) is 18.8. The fraction of sp³-hybridized carbons (Fsp3) is 0.444. The fourth-order valence-electron chi connectivity index (χ4n) is 3.46. The second-order valence-electron chi connectivity index (χ2n) is 6.52. The summed E-state index contributed by atoms with van der Waals surface area (Å²) in [7, 11) is 1.58. The van der Waals surface area contributed by atoms with Gasteiger partial charge in [0.15, 0.2) is 5.75 Å². The molecule has 0 unspecified atom stereocenters. The van der Waals surface area contributed by atoms with E-state index < -0.39 is 0 Å². The number of ether oxygens (including phenoxy) is 1. The number of amidine groups is 1. The van der Waals surface area contributed by atoms with Gasteiger partial charge in [0.25, 0.3) is 11.6 Å². The lowest BCUT2D eigenvalue weighted by molar-refractivity contribution is -0.114. The number of nitrogens with zero attached hydrogens (tertiary/aromatic N) is 3. The van der Waals surface area contributed by atoms with Crippen LogP contribution in [0.3, 0.4) is 0 Å². The number of nitrogens with one attached hydrogen (secondary N) is 2. The zero-order chi connectivity index (χ0) is 18.1. The van der Waals surface area contributed by atoms with E-state index in [0.717, 1.165) is 25.9 Å². The molecule has 8 heteroatoms. The topological polar surface area (TPSA) is 91.8 Å². The summed E-state index contributed by atoms with van der Waals surface area (Å²) in [6.45, 7) is 2.68. The molecule has 0 saturated carbocycles. The van der Waals surface area contributed by atoms with Crippen molar-refractivity contribution in [1.82, 2.24) is 19.9 Å². The molecule has 0 aromatic carbocycles. The third-order valence-electron chi connectivity index (χ3n) is 4.84. The van der Waals surface area contributed by atoms with Crippen LogP contribution in [0.5, 0.6) is 5.75 Å². The number of likely N-dealkylation sites (tertiary alicyclic amines) is 1. The van der Waals surface area contributed by atoms with E-state index in [0.29, 0.717) is 42.0 Å². The van der Waals surface area contributed by atoms with E-state index in [9.17, 15) is 9.59 Å². The number of carbonyl (C=O) groups is 2. The number of carbonyl (C=O) groups excluding carboxylic acids is 2.